The third-order valence-electron chi connectivity index (χ3n) is 4.35. The number of carbonyl (C=O) groups excluding carboxylic acids is 2. The highest BCUT2D eigenvalue weighted by atomic mass is 32.2. The lowest BCUT2D eigenvalue weighted by atomic mass is 10.0. The van der Waals surface area contributed by atoms with E-state index in [2.05, 4.69) is 10.1 Å². The van der Waals surface area contributed by atoms with Gasteiger partial charge in [0.15, 0.2) is 0 Å². The van der Waals surface area contributed by atoms with Crippen molar-refractivity contribution in [1.29, 1.82) is 0 Å². The molecule has 0 atom stereocenters. The number of methoxy groups -OCH3 is 1. The molecule has 1 aliphatic heterocycles. The number of hydrogen-bond acceptors (Lipinski definition) is 5. The zero-order chi connectivity index (χ0) is 19.6. The molecule has 2 aromatic rings. The van der Waals surface area contributed by atoms with E-state index in [1.807, 2.05) is 6.07 Å². The third kappa shape index (κ3) is 3.66. The molecule has 0 saturated heterocycles. The quantitative estimate of drug-likeness (QED) is 0.813. The summed E-state index contributed by atoms with van der Waals surface area (Å²) in [6.07, 6.45) is 1.41. The lowest BCUT2D eigenvalue weighted by Crippen LogP contribution is -2.36. The molecule has 8 heteroatoms. The number of amides is 1. The molecule has 1 N–H and O–H groups in total. The summed E-state index contributed by atoms with van der Waals surface area (Å²) in [6.45, 7) is 1.69. The van der Waals surface area contributed by atoms with Crippen LogP contribution in [0.4, 0.5) is 11.4 Å². The third-order valence-corrected chi connectivity index (χ3v) is 6.16. The van der Waals surface area contributed by atoms with Gasteiger partial charge in [-0.1, -0.05) is 12.1 Å². The molecule has 1 aliphatic rings. The van der Waals surface area contributed by atoms with Crippen LogP contribution in [0.2, 0.25) is 0 Å². The van der Waals surface area contributed by atoms with E-state index in [0.29, 0.717) is 24.3 Å². The smallest absolute Gasteiger partial charge is 0.337 e. The van der Waals surface area contributed by atoms with Gasteiger partial charge in [-0.15, -0.1) is 0 Å². The summed E-state index contributed by atoms with van der Waals surface area (Å²) in [6, 6.07) is 11.0. The van der Waals surface area contributed by atoms with Crippen molar-refractivity contribution in [3.63, 3.8) is 0 Å². The number of esters is 1. The second-order valence-electron chi connectivity index (χ2n) is 6.19. The zero-order valence-corrected chi connectivity index (χ0v) is 15.9. The number of hydrogen-bond donors (Lipinski definition) is 1. The van der Waals surface area contributed by atoms with Crippen molar-refractivity contribution in [2.75, 3.05) is 23.3 Å². The summed E-state index contributed by atoms with van der Waals surface area (Å²) >= 11 is 0. The van der Waals surface area contributed by atoms with Crippen molar-refractivity contribution >= 4 is 33.3 Å². The van der Waals surface area contributed by atoms with Gasteiger partial charge in [0.25, 0.3) is 10.0 Å². The van der Waals surface area contributed by atoms with Gasteiger partial charge in [-0.3, -0.25) is 9.10 Å². The van der Waals surface area contributed by atoms with Crippen LogP contribution < -0.4 is 9.62 Å². The van der Waals surface area contributed by atoms with Crippen LogP contribution in [0, 0.1) is 0 Å². The van der Waals surface area contributed by atoms with E-state index in [-0.39, 0.29) is 16.4 Å². The van der Waals surface area contributed by atoms with E-state index in [9.17, 15) is 18.0 Å². The number of aryl methyl sites for hydroxylation is 1. The Bertz CT molecular complexity index is 984. The number of ether oxygens (including phenoxy) is 1. The summed E-state index contributed by atoms with van der Waals surface area (Å²) in [7, 11) is -2.59. The summed E-state index contributed by atoms with van der Waals surface area (Å²) < 4.78 is 32.4. The van der Waals surface area contributed by atoms with Gasteiger partial charge in [-0.05, 0) is 48.7 Å². The van der Waals surface area contributed by atoms with Gasteiger partial charge in [0.05, 0.1) is 28.9 Å². The van der Waals surface area contributed by atoms with E-state index < -0.39 is 16.0 Å². The van der Waals surface area contributed by atoms with Crippen molar-refractivity contribution < 1.29 is 22.7 Å². The number of benzene rings is 2. The van der Waals surface area contributed by atoms with E-state index in [4.69, 9.17) is 0 Å². The molecule has 7 nitrogen and oxygen atoms in total. The van der Waals surface area contributed by atoms with Gasteiger partial charge < -0.3 is 10.1 Å². The lowest BCUT2D eigenvalue weighted by Gasteiger charge is -2.32. The Hall–Kier alpha value is -2.87. The first kappa shape index (κ1) is 18.9. The van der Waals surface area contributed by atoms with E-state index >= 15 is 0 Å². The molecule has 142 valence electrons. The molecule has 0 fully saturated rings. The first-order valence-corrected chi connectivity index (χ1v) is 9.89. The zero-order valence-electron chi connectivity index (χ0n) is 15.1. The second-order valence-corrected chi connectivity index (χ2v) is 8.05. The van der Waals surface area contributed by atoms with Crippen LogP contribution in [0.1, 0.15) is 29.3 Å². The van der Waals surface area contributed by atoms with Crippen LogP contribution in [-0.2, 0) is 26.0 Å². The van der Waals surface area contributed by atoms with Crippen LogP contribution in [0.3, 0.4) is 0 Å². The summed E-state index contributed by atoms with van der Waals surface area (Å²) in [5.74, 6) is -0.802. The maximum Gasteiger partial charge on any atom is 0.337 e. The minimum atomic E-state index is -3.85. The standard InChI is InChI=1S/C19H20N2O5S/c1-13(22)20-17-7-3-5-14-6-4-12-21(18(14)17)27(24,25)16-10-8-15(9-11-16)19(23)26-2/h3,5,7-11H,4,6,12H2,1-2H3,(H,20,22). The molecule has 0 spiro atoms. The first-order chi connectivity index (χ1) is 12.8. The topological polar surface area (TPSA) is 92.8 Å². The largest absolute Gasteiger partial charge is 0.465 e. The van der Waals surface area contributed by atoms with Crippen LogP contribution in [0.5, 0.6) is 0 Å². The number of sulfonamides is 1. The normalized spacial score (nSPS) is 13.6. The minimum absolute atomic E-state index is 0.0700. The highest BCUT2D eigenvalue weighted by Crippen LogP contribution is 2.38. The Morgan fingerprint density at radius 2 is 1.81 bits per heavy atom. The van der Waals surface area contributed by atoms with Crippen molar-refractivity contribution in [2.24, 2.45) is 0 Å². The monoisotopic (exact) mass is 388 g/mol. The first-order valence-electron chi connectivity index (χ1n) is 8.45. The fourth-order valence-electron chi connectivity index (χ4n) is 3.15. The Kier molecular flexibility index (Phi) is 5.18. The predicted molar refractivity (Wildman–Crippen MR) is 101 cm³/mol. The fraction of sp³-hybridized carbons (Fsp3) is 0.263. The maximum atomic E-state index is 13.2. The van der Waals surface area contributed by atoms with Gasteiger partial charge in [0, 0.05) is 13.5 Å². The fourth-order valence-corrected chi connectivity index (χ4v) is 4.71. The van der Waals surface area contributed by atoms with Gasteiger partial charge in [0.1, 0.15) is 0 Å². The Labute approximate surface area is 158 Å². The van der Waals surface area contributed by atoms with Gasteiger partial charge in [0.2, 0.25) is 5.91 Å². The summed E-state index contributed by atoms with van der Waals surface area (Å²) in [5.41, 5.74) is 2.10. The highest BCUT2D eigenvalue weighted by Gasteiger charge is 2.31. The van der Waals surface area contributed by atoms with Crippen molar-refractivity contribution in [1.82, 2.24) is 0 Å². The van der Waals surface area contributed by atoms with E-state index in [0.717, 1.165) is 12.0 Å². The average Bonchev–Trinajstić information content (AvgIpc) is 2.66. The van der Waals surface area contributed by atoms with Crippen LogP contribution in [0.15, 0.2) is 47.4 Å². The van der Waals surface area contributed by atoms with Gasteiger partial charge in [-0.2, -0.15) is 0 Å². The second kappa shape index (κ2) is 7.40. The molecule has 0 unspecified atom stereocenters. The molecule has 27 heavy (non-hydrogen) atoms. The minimum Gasteiger partial charge on any atom is -0.465 e. The van der Waals surface area contributed by atoms with Crippen molar-refractivity contribution in [3.05, 3.63) is 53.6 Å². The molecule has 0 bridgehead atoms. The lowest BCUT2D eigenvalue weighted by molar-refractivity contribution is -0.114. The SMILES string of the molecule is COC(=O)c1ccc(S(=O)(=O)N2CCCc3cccc(NC(C)=O)c32)cc1. The Morgan fingerprint density at radius 1 is 1.11 bits per heavy atom. The number of nitrogens with zero attached hydrogens (tertiary/aromatic N) is 1. The molecule has 0 radical (unpaired) electrons. The van der Waals surface area contributed by atoms with Crippen LogP contribution >= 0.6 is 0 Å². The number of nitrogens with one attached hydrogen (secondary N) is 1. The van der Waals surface area contributed by atoms with E-state index in [1.165, 1.54) is 42.6 Å². The number of anilines is 2. The Morgan fingerprint density at radius 3 is 2.44 bits per heavy atom. The molecule has 0 aliphatic carbocycles. The van der Waals surface area contributed by atoms with Gasteiger partial charge in [-0.25, -0.2) is 13.2 Å². The molecule has 1 amide bonds. The summed E-state index contributed by atoms with van der Waals surface area (Å²) in [4.78, 5) is 23.2. The van der Waals surface area contributed by atoms with Crippen molar-refractivity contribution in [3.8, 4) is 0 Å². The molecule has 3 rings (SSSR count). The molecular formula is C19H20N2O5S. The van der Waals surface area contributed by atoms with Crippen LogP contribution in [0.25, 0.3) is 0 Å². The summed E-state index contributed by atoms with van der Waals surface area (Å²) in [5, 5.41) is 2.71. The number of rotatable bonds is 4. The molecule has 0 saturated carbocycles. The molecular weight excluding hydrogens is 368 g/mol. The Balaban J connectivity index is 2.04. The number of fused-ring (bicyclic) bond motifs is 1. The highest BCUT2D eigenvalue weighted by molar-refractivity contribution is 7.92. The van der Waals surface area contributed by atoms with E-state index in [1.54, 1.807) is 12.1 Å². The maximum absolute atomic E-state index is 13.2. The predicted octanol–water partition coefficient (Wildman–Crippen LogP) is 2.57. The van der Waals surface area contributed by atoms with Gasteiger partial charge >= 0.3 is 5.97 Å². The number of para-hydroxylation sites is 1. The average molecular weight is 388 g/mol. The van der Waals surface area contributed by atoms with Crippen LogP contribution in [-0.4, -0.2) is 33.9 Å². The number of carbonyl (C=O) groups is 2. The molecule has 0 aromatic heterocycles. The van der Waals surface area contributed by atoms with Crippen molar-refractivity contribution in [2.45, 2.75) is 24.7 Å². The molecule has 2 aromatic carbocycles. The molecule has 1 heterocycles.